The highest BCUT2D eigenvalue weighted by Gasteiger charge is 2.26. The lowest BCUT2D eigenvalue weighted by Gasteiger charge is -2.38. The minimum atomic E-state index is -0.109. The number of hydrogen-bond donors (Lipinski definition) is 0. The zero-order chi connectivity index (χ0) is 15.2. The summed E-state index contributed by atoms with van der Waals surface area (Å²) in [6.45, 7) is 8.47. The van der Waals surface area contributed by atoms with Crippen molar-refractivity contribution in [1.29, 1.82) is 0 Å². The minimum absolute atomic E-state index is 0.109. The van der Waals surface area contributed by atoms with Crippen LogP contribution in [0.3, 0.4) is 0 Å². The molecule has 0 aromatic heterocycles. The molecule has 1 heterocycles. The van der Waals surface area contributed by atoms with Gasteiger partial charge >= 0.3 is 5.97 Å². The zero-order valence-corrected chi connectivity index (χ0v) is 13.3. The van der Waals surface area contributed by atoms with Crippen LogP contribution in [0, 0.1) is 6.92 Å². The summed E-state index contributed by atoms with van der Waals surface area (Å²) >= 11 is 0. The summed E-state index contributed by atoms with van der Waals surface area (Å²) in [4.78, 5) is 16.7. The molecule has 4 nitrogen and oxygen atoms in total. The number of piperazine rings is 1. The number of rotatable bonds is 5. The minimum Gasteiger partial charge on any atom is -0.466 e. The van der Waals surface area contributed by atoms with Crippen LogP contribution in [-0.2, 0) is 9.53 Å². The average Bonchev–Trinajstić information content (AvgIpc) is 2.47. The van der Waals surface area contributed by atoms with Crippen LogP contribution in [0.1, 0.15) is 30.5 Å². The fraction of sp³-hybridized carbons (Fsp3) is 0.588. The maximum atomic E-state index is 11.9. The van der Waals surface area contributed by atoms with Crippen molar-refractivity contribution in [1.82, 2.24) is 9.80 Å². The molecule has 21 heavy (non-hydrogen) atoms. The lowest BCUT2D eigenvalue weighted by atomic mass is 10.00. The molecule has 1 atom stereocenters. The Bertz CT molecular complexity index is 450. The maximum Gasteiger partial charge on any atom is 0.307 e. The van der Waals surface area contributed by atoms with E-state index in [0.717, 1.165) is 26.2 Å². The molecule has 1 aliphatic rings. The Morgan fingerprint density at radius 2 is 1.81 bits per heavy atom. The summed E-state index contributed by atoms with van der Waals surface area (Å²) in [7, 11) is 2.14. The quantitative estimate of drug-likeness (QED) is 0.779. The third kappa shape index (κ3) is 4.55. The van der Waals surface area contributed by atoms with Crippen molar-refractivity contribution >= 4 is 5.97 Å². The van der Waals surface area contributed by atoms with E-state index in [1.807, 2.05) is 6.92 Å². The summed E-state index contributed by atoms with van der Waals surface area (Å²) in [6, 6.07) is 8.63. The third-order valence-corrected chi connectivity index (χ3v) is 4.11. The molecule has 1 aromatic rings. The SMILES string of the molecule is CCOC(=O)CC(c1ccc(C)cc1)N1CCN(C)CC1. The van der Waals surface area contributed by atoms with Crippen LogP contribution < -0.4 is 0 Å². The molecule has 0 saturated carbocycles. The van der Waals surface area contributed by atoms with Gasteiger partial charge in [-0.25, -0.2) is 0 Å². The molecule has 0 bridgehead atoms. The topological polar surface area (TPSA) is 32.8 Å². The number of likely N-dealkylation sites (N-methyl/N-ethyl adjacent to an activating group) is 1. The number of carbonyl (C=O) groups is 1. The molecule has 0 spiro atoms. The molecule has 0 aliphatic carbocycles. The van der Waals surface area contributed by atoms with Crippen molar-refractivity contribution in [3.63, 3.8) is 0 Å². The van der Waals surface area contributed by atoms with Gasteiger partial charge in [-0.3, -0.25) is 9.69 Å². The molecule has 4 heteroatoms. The van der Waals surface area contributed by atoms with Crippen molar-refractivity contribution < 1.29 is 9.53 Å². The largest absolute Gasteiger partial charge is 0.466 e. The Hall–Kier alpha value is -1.39. The normalized spacial score (nSPS) is 18.4. The molecule has 1 aliphatic heterocycles. The number of carbonyl (C=O) groups excluding carboxylic acids is 1. The van der Waals surface area contributed by atoms with Gasteiger partial charge in [-0.15, -0.1) is 0 Å². The fourth-order valence-corrected chi connectivity index (χ4v) is 2.76. The van der Waals surface area contributed by atoms with Crippen LogP contribution >= 0.6 is 0 Å². The standard InChI is InChI=1S/C17H26N2O2/c1-4-21-17(20)13-16(15-7-5-14(2)6-8-15)19-11-9-18(3)10-12-19/h5-8,16H,4,9-13H2,1-3H3. The van der Waals surface area contributed by atoms with Crippen molar-refractivity contribution in [2.45, 2.75) is 26.3 Å². The first kappa shape index (κ1) is 16.0. The predicted molar refractivity (Wildman–Crippen MR) is 84.2 cm³/mol. The van der Waals surface area contributed by atoms with E-state index in [0.29, 0.717) is 13.0 Å². The third-order valence-electron chi connectivity index (χ3n) is 4.11. The van der Waals surface area contributed by atoms with Gasteiger partial charge in [0.05, 0.1) is 13.0 Å². The second-order valence-electron chi connectivity index (χ2n) is 5.77. The zero-order valence-electron chi connectivity index (χ0n) is 13.3. The smallest absolute Gasteiger partial charge is 0.307 e. The van der Waals surface area contributed by atoms with Gasteiger partial charge in [0.1, 0.15) is 0 Å². The summed E-state index contributed by atoms with van der Waals surface area (Å²) in [5, 5.41) is 0. The van der Waals surface area contributed by atoms with E-state index in [1.165, 1.54) is 11.1 Å². The second kappa shape index (κ2) is 7.57. The van der Waals surface area contributed by atoms with Crippen molar-refractivity contribution in [3.05, 3.63) is 35.4 Å². The number of hydrogen-bond acceptors (Lipinski definition) is 4. The first-order valence-corrected chi connectivity index (χ1v) is 7.75. The highest BCUT2D eigenvalue weighted by Crippen LogP contribution is 2.26. The lowest BCUT2D eigenvalue weighted by molar-refractivity contribution is -0.144. The van der Waals surface area contributed by atoms with Crippen LogP contribution in [0.5, 0.6) is 0 Å². The molecule has 0 radical (unpaired) electrons. The molecular weight excluding hydrogens is 264 g/mol. The summed E-state index contributed by atoms with van der Waals surface area (Å²) in [5.74, 6) is -0.109. The summed E-state index contributed by atoms with van der Waals surface area (Å²) in [5.41, 5.74) is 2.45. The number of esters is 1. The van der Waals surface area contributed by atoms with E-state index in [-0.39, 0.29) is 12.0 Å². The monoisotopic (exact) mass is 290 g/mol. The lowest BCUT2D eigenvalue weighted by Crippen LogP contribution is -2.46. The Balaban J connectivity index is 2.13. The molecular formula is C17H26N2O2. The first-order valence-electron chi connectivity index (χ1n) is 7.75. The molecule has 0 amide bonds. The number of ether oxygens (including phenoxy) is 1. The maximum absolute atomic E-state index is 11.9. The van der Waals surface area contributed by atoms with Crippen molar-refractivity contribution in [3.8, 4) is 0 Å². The van der Waals surface area contributed by atoms with E-state index < -0.39 is 0 Å². The Morgan fingerprint density at radius 1 is 1.19 bits per heavy atom. The van der Waals surface area contributed by atoms with E-state index in [9.17, 15) is 4.79 Å². The number of nitrogens with zero attached hydrogens (tertiary/aromatic N) is 2. The van der Waals surface area contributed by atoms with Crippen LogP contribution in [0.4, 0.5) is 0 Å². The highest BCUT2D eigenvalue weighted by molar-refractivity contribution is 5.70. The van der Waals surface area contributed by atoms with Crippen LogP contribution in [0.25, 0.3) is 0 Å². The van der Waals surface area contributed by atoms with Crippen LogP contribution in [-0.4, -0.2) is 55.6 Å². The van der Waals surface area contributed by atoms with E-state index >= 15 is 0 Å². The Kier molecular flexibility index (Phi) is 5.76. The van der Waals surface area contributed by atoms with Crippen LogP contribution in [0.15, 0.2) is 24.3 Å². The van der Waals surface area contributed by atoms with Gasteiger partial charge in [-0.1, -0.05) is 29.8 Å². The second-order valence-corrected chi connectivity index (χ2v) is 5.77. The van der Waals surface area contributed by atoms with Gasteiger partial charge in [0.25, 0.3) is 0 Å². The van der Waals surface area contributed by atoms with E-state index in [4.69, 9.17) is 4.74 Å². The van der Waals surface area contributed by atoms with Gasteiger partial charge in [0.2, 0.25) is 0 Å². The number of benzene rings is 1. The predicted octanol–water partition coefficient (Wildman–Crippen LogP) is 2.24. The Labute approximate surface area is 127 Å². The Morgan fingerprint density at radius 3 is 2.38 bits per heavy atom. The van der Waals surface area contributed by atoms with Crippen LogP contribution in [0.2, 0.25) is 0 Å². The van der Waals surface area contributed by atoms with E-state index in [2.05, 4.69) is 48.0 Å². The van der Waals surface area contributed by atoms with Gasteiger partial charge in [-0.05, 0) is 26.5 Å². The molecule has 2 rings (SSSR count). The molecule has 0 N–H and O–H groups in total. The first-order chi connectivity index (χ1) is 10.1. The molecule has 116 valence electrons. The van der Waals surface area contributed by atoms with Gasteiger partial charge < -0.3 is 9.64 Å². The number of aryl methyl sites for hydroxylation is 1. The fourth-order valence-electron chi connectivity index (χ4n) is 2.76. The average molecular weight is 290 g/mol. The molecule has 1 saturated heterocycles. The molecule has 1 unspecified atom stereocenters. The summed E-state index contributed by atoms with van der Waals surface area (Å²) in [6.07, 6.45) is 0.431. The van der Waals surface area contributed by atoms with Gasteiger partial charge in [0.15, 0.2) is 0 Å². The molecule has 1 aromatic carbocycles. The van der Waals surface area contributed by atoms with Crippen molar-refractivity contribution in [2.24, 2.45) is 0 Å². The summed E-state index contributed by atoms with van der Waals surface area (Å²) < 4.78 is 5.15. The van der Waals surface area contributed by atoms with Crippen molar-refractivity contribution in [2.75, 3.05) is 39.8 Å². The van der Waals surface area contributed by atoms with Gasteiger partial charge in [0, 0.05) is 32.2 Å². The van der Waals surface area contributed by atoms with Gasteiger partial charge in [-0.2, -0.15) is 0 Å². The van der Waals surface area contributed by atoms with E-state index in [1.54, 1.807) is 0 Å². The highest BCUT2D eigenvalue weighted by atomic mass is 16.5. The molecule has 1 fully saturated rings.